The zero-order chi connectivity index (χ0) is 15.1. The van der Waals surface area contributed by atoms with E-state index in [0.29, 0.717) is 30.0 Å². The van der Waals surface area contributed by atoms with Crippen LogP contribution in [0.1, 0.15) is 5.56 Å². The third kappa shape index (κ3) is 6.48. The van der Waals surface area contributed by atoms with Crippen LogP contribution < -0.4 is 15.8 Å². The lowest BCUT2D eigenvalue weighted by molar-refractivity contribution is 0.316. The van der Waals surface area contributed by atoms with E-state index in [1.54, 1.807) is 12.1 Å². The molecule has 2 aromatic rings. The molecule has 0 aliphatic rings. The molecule has 2 rings (SSSR count). The lowest BCUT2D eigenvalue weighted by Crippen LogP contribution is -2.23. The summed E-state index contributed by atoms with van der Waals surface area (Å²) in [6, 6.07) is 11.3. The molecule has 1 heterocycles. The summed E-state index contributed by atoms with van der Waals surface area (Å²) in [5, 5.41) is 3.59. The highest BCUT2D eigenvalue weighted by atomic mass is 127. The molecule has 118 valence electrons. The zero-order valence-electron chi connectivity index (χ0n) is 12.1. The van der Waals surface area contributed by atoms with E-state index in [9.17, 15) is 0 Å². The van der Waals surface area contributed by atoms with Crippen molar-refractivity contribution in [2.24, 2.45) is 10.7 Å². The number of pyridine rings is 1. The van der Waals surface area contributed by atoms with Crippen molar-refractivity contribution in [1.29, 1.82) is 0 Å². The molecular weight excluding hydrogens is 415 g/mol. The Hall–Kier alpha value is -1.54. The molecule has 0 aliphatic carbocycles. The number of aliphatic imine (C=N–C) groups is 1. The van der Waals surface area contributed by atoms with Gasteiger partial charge < -0.3 is 15.8 Å². The second-order valence-electron chi connectivity index (χ2n) is 4.42. The Labute approximate surface area is 152 Å². The Bertz CT molecular complexity index is 602. The second kappa shape index (κ2) is 9.47. The van der Waals surface area contributed by atoms with Crippen molar-refractivity contribution in [3.63, 3.8) is 0 Å². The minimum atomic E-state index is 0. The van der Waals surface area contributed by atoms with Gasteiger partial charge in [-0.1, -0.05) is 29.3 Å². The molecular formula is C15H18ClIN4O. The maximum Gasteiger partial charge on any atom is 0.213 e. The van der Waals surface area contributed by atoms with Crippen LogP contribution >= 0.6 is 35.6 Å². The highest BCUT2D eigenvalue weighted by molar-refractivity contribution is 14.0. The lowest BCUT2D eigenvalue weighted by Gasteiger charge is -2.06. The molecule has 1 aromatic heterocycles. The van der Waals surface area contributed by atoms with Crippen LogP contribution in [0.5, 0.6) is 5.88 Å². The van der Waals surface area contributed by atoms with Crippen molar-refractivity contribution < 1.29 is 4.74 Å². The zero-order valence-corrected chi connectivity index (χ0v) is 15.2. The Morgan fingerprint density at radius 3 is 2.64 bits per heavy atom. The molecule has 0 spiro atoms. The standard InChI is InChI=1S/C15H17ClN4O.HI/c1-11-2-5-13(6-3-11)20-15(17)18-8-9-21-14-7-4-12(16)10-19-14;/h2-7,10H,8-9H2,1H3,(H3,17,18,20);1H. The van der Waals surface area contributed by atoms with E-state index in [4.69, 9.17) is 22.1 Å². The van der Waals surface area contributed by atoms with Crippen LogP contribution in [-0.2, 0) is 0 Å². The fourth-order valence-corrected chi connectivity index (χ4v) is 1.70. The maximum absolute atomic E-state index is 5.79. The first-order valence-corrected chi connectivity index (χ1v) is 6.89. The van der Waals surface area contributed by atoms with E-state index in [1.165, 1.54) is 11.8 Å². The van der Waals surface area contributed by atoms with Gasteiger partial charge in [-0.05, 0) is 25.1 Å². The van der Waals surface area contributed by atoms with E-state index < -0.39 is 0 Å². The summed E-state index contributed by atoms with van der Waals surface area (Å²) in [6.07, 6.45) is 1.54. The number of anilines is 1. The average molecular weight is 433 g/mol. The molecule has 0 saturated carbocycles. The number of hydrogen-bond donors (Lipinski definition) is 2. The summed E-state index contributed by atoms with van der Waals surface area (Å²) in [6.45, 7) is 2.86. The van der Waals surface area contributed by atoms with Crippen molar-refractivity contribution in [2.75, 3.05) is 18.5 Å². The monoisotopic (exact) mass is 432 g/mol. The number of rotatable bonds is 5. The van der Waals surface area contributed by atoms with Gasteiger partial charge in [0.2, 0.25) is 5.88 Å². The van der Waals surface area contributed by atoms with Crippen molar-refractivity contribution >= 4 is 47.2 Å². The Kier molecular flexibility index (Phi) is 7.97. The first-order chi connectivity index (χ1) is 10.1. The predicted octanol–water partition coefficient (Wildman–Crippen LogP) is 3.47. The van der Waals surface area contributed by atoms with E-state index in [2.05, 4.69) is 15.3 Å². The summed E-state index contributed by atoms with van der Waals surface area (Å²) < 4.78 is 5.42. The van der Waals surface area contributed by atoms with Gasteiger partial charge in [-0.25, -0.2) is 9.98 Å². The number of halogens is 2. The minimum Gasteiger partial charge on any atom is -0.476 e. The van der Waals surface area contributed by atoms with E-state index in [1.807, 2.05) is 31.2 Å². The summed E-state index contributed by atoms with van der Waals surface area (Å²) in [5.41, 5.74) is 7.89. The Morgan fingerprint density at radius 1 is 1.27 bits per heavy atom. The van der Waals surface area contributed by atoms with Crippen LogP contribution in [0.15, 0.2) is 47.6 Å². The highest BCUT2D eigenvalue weighted by Gasteiger charge is 1.96. The molecule has 1 aromatic carbocycles. The average Bonchev–Trinajstić information content (AvgIpc) is 2.48. The summed E-state index contributed by atoms with van der Waals surface area (Å²) in [7, 11) is 0. The molecule has 22 heavy (non-hydrogen) atoms. The van der Waals surface area contributed by atoms with Crippen LogP contribution in [0.3, 0.4) is 0 Å². The molecule has 0 amide bonds. The molecule has 0 aliphatic heterocycles. The molecule has 7 heteroatoms. The summed E-state index contributed by atoms with van der Waals surface area (Å²) in [5.74, 6) is 0.867. The van der Waals surface area contributed by atoms with E-state index >= 15 is 0 Å². The van der Waals surface area contributed by atoms with Gasteiger partial charge in [0.05, 0.1) is 11.6 Å². The summed E-state index contributed by atoms with van der Waals surface area (Å²) in [4.78, 5) is 8.20. The third-order valence-corrected chi connectivity index (χ3v) is 2.87. The number of benzene rings is 1. The van der Waals surface area contributed by atoms with Gasteiger partial charge >= 0.3 is 0 Å². The normalized spacial score (nSPS) is 10.7. The number of aromatic nitrogens is 1. The Balaban J connectivity index is 0.00000242. The van der Waals surface area contributed by atoms with Crippen LogP contribution in [0.4, 0.5) is 5.69 Å². The maximum atomic E-state index is 5.79. The quantitative estimate of drug-likeness (QED) is 0.328. The minimum absolute atomic E-state index is 0. The molecule has 3 N–H and O–H groups in total. The van der Waals surface area contributed by atoms with Gasteiger partial charge in [-0.2, -0.15) is 0 Å². The molecule has 0 unspecified atom stereocenters. The molecule has 0 bridgehead atoms. The van der Waals surface area contributed by atoms with Gasteiger partial charge in [0, 0.05) is 18.0 Å². The van der Waals surface area contributed by atoms with Crippen LogP contribution in [-0.4, -0.2) is 24.1 Å². The van der Waals surface area contributed by atoms with Gasteiger partial charge in [0.1, 0.15) is 6.61 Å². The fourth-order valence-electron chi connectivity index (χ4n) is 1.59. The molecule has 0 saturated heterocycles. The summed E-state index contributed by atoms with van der Waals surface area (Å²) >= 11 is 5.74. The number of ether oxygens (including phenoxy) is 1. The topological polar surface area (TPSA) is 72.5 Å². The highest BCUT2D eigenvalue weighted by Crippen LogP contribution is 2.11. The predicted molar refractivity (Wildman–Crippen MR) is 101 cm³/mol. The van der Waals surface area contributed by atoms with Crippen molar-refractivity contribution in [2.45, 2.75) is 6.92 Å². The van der Waals surface area contributed by atoms with Crippen molar-refractivity contribution in [3.05, 3.63) is 53.2 Å². The molecule has 0 fully saturated rings. The van der Waals surface area contributed by atoms with Gasteiger partial charge in [0.15, 0.2) is 5.96 Å². The van der Waals surface area contributed by atoms with E-state index in [0.717, 1.165) is 5.69 Å². The van der Waals surface area contributed by atoms with Crippen molar-refractivity contribution in [3.8, 4) is 5.88 Å². The van der Waals surface area contributed by atoms with Crippen LogP contribution in [0, 0.1) is 6.92 Å². The number of guanidine groups is 1. The number of nitrogens with two attached hydrogens (primary N) is 1. The molecule has 0 atom stereocenters. The third-order valence-electron chi connectivity index (χ3n) is 2.65. The van der Waals surface area contributed by atoms with Crippen LogP contribution in [0.2, 0.25) is 5.02 Å². The van der Waals surface area contributed by atoms with Crippen molar-refractivity contribution in [1.82, 2.24) is 4.98 Å². The van der Waals surface area contributed by atoms with Gasteiger partial charge in [0.25, 0.3) is 0 Å². The number of aryl methyl sites for hydroxylation is 1. The second-order valence-corrected chi connectivity index (χ2v) is 4.86. The fraction of sp³-hybridized carbons (Fsp3) is 0.200. The lowest BCUT2D eigenvalue weighted by atomic mass is 10.2. The smallest absolute Gasteiger partial charge is 0.213 e. The first-order valence-electron chi connectivity index (χ1n) is 6.51. The SMILES string of the molecule is Cc1ccc(NC(N)=NCCOc2ccc(Cl)cn2)cc1.I. The van der Waals surface area contributed by atoms with Gasteiger partial charge in [-0.3, -0.25) is 0 Å². The number of nitrogens with zero attached hydrogens (tertiary/aromatic N) is 2. The first kappa shape index (κ1) is 18.5. The Morgan fingerprint density at radius 2 is 2.00 bits per heavy atom. The molecule has 0 radical (unpaired) electrons. The number of hydrogen-bond acceptors (Lipinski definition) is 3. The van der Waals surface area contributed by atoms with Crippen LogP contribution in [0.25, 0.3) is 0 Å². The van der Waals surface area contributed by atoms with E-state index in [-0.39, 0.29) is 24.0 Å². The van der Waals surface area contributed by atoms with Gasteiger partial charge in [-0.15, -0.1) is 24.0 Å². The number of nitrogens with one attached hydrogen (secondary N) is 1. The largest absolute Gasteiger partial charge is 0.476 e. The molecule has 5 nitrogen and oxygen atoms in total.